The maximum atomic E-state index is 13.5. The van der Waals surface area contributed by atoms with Gasteiger partial charge in [-0.05, 0) is 48.7 Å². The van der Waals surface area contributed by atoms with Gasteiger partial charge in [-0.25, -0.2) is 4.39 Å². The summed E-state index contributed by atoms with van der Waals surface area (Å²) in [7, 11) is 0. The Morgan fingerprint density at radius 3 is 2.71 bits per heavy atom. The Kier molecular flexibility index (Phi) is 2.29. The van der Waals surface area contributed by atoms with E-state index >= 15 is 0 Å². The molecule has 2 aliphatic carbocycles. The SMILES string of the molecule is CC(C)C1(C)CCC2=C1CCC=C2F. The molecule has 1 atom stereocenters. The summed E-state index contributed by atoms with van der Waals surface area (Å²) in [4.78, 5) is 0. The van der Waals surface area contributed by atoms with Crippen LogP contribution in [0.2, 0.25) is 0 Å². The predicted molar refractivity (Wildman–Crippen MR) is 57.6 cm³/mol. The van der Waals surface area contributed by atoms with Crippen LogP contribution in [0.3, 0.4) is 0 Å². The molecule has 0 aromatic rings. The average Bonchev–Trinajstić information content (AvgIpc) is 2.47. The van der Waals surface area contributed by atoms with Crippen molar-refractivity contribution in [3.8, 4) is 0 Å². The van der Waals surface area contributed by atoms with Crippen LogP contribution in [0.1, 0.15) is 46.5 Å². The highest BCUT2D eigenvalue weighted by atomic mass is 19.1. The van der Waals surface area contributed by atoms with Crippen LogP contribution >= 0.6 is 0 Å². The van der Waals surface area contributed by atoms with Crippen LogP contribution in [0.4, 0.5) is 4.39 Å². The molecular formula is C13H19F. The van der Waals surface area contributed by atoms with Gasteiger partial charge in [0, 0.05) is 0 Å². The van der Waals surface area contributed by atoms with Gasteiger partial charge in [0.2, 0.25) is 0 Å². The zero-order valence-corrected chi connectivity index (χ0v) is 9.36. The highest BCUT2D eigenvalue weighted by Gasteiger charge is 2.40. The minimum atomic E-state index is 0.0654. The molecule has 0 aliphatic heterocycles. The minimum absolute atomic E-state index is 0.0654. The lowest BCUT2D eigenvalue weighted by molar-refractivity contribution is 0.267. The molecule has 1 heteroatoms. The Hall–Kier alpha value is -0.590. The lowest BCUT2D eigenvalue weighted by Crippen LogP contribution is -2.23. The third-order valence-electron chi connectivity index (χ3n) is 4.23. The lowest BCUT2D eigenvalue weighted by atomic mass is 9.71. The van der Waals surface area contributed by atoms with Gasteiger partial charge in [0.15, 0.2) is 0 Å². The molecule has 2 aliphatic rings. The molecule has 0 N–H and O–H groups in total. The summed E-state index contributed by atoms with van der Waals surface area (Å²) in [6.45, 7) is 6.82. The van der Waals surface area contributed by atoms with E-state index in [2.05, 4.69) is 20.8 Å². The van der Waals surface area contributed by atoms with E-state index in [4.69, 9.17) is 0 Å². The zero-order chi connectivity index (χ0) is 10.3. The standard InChI is InChI=1S/C13H19F/c1-9(2)13(3)8-7-10-11(13)5-4-6-12(10)14/h6,9H,4-5,7-8H2,1-3H3. The largest absolute Gasteiger partial charge is 0.207 e. The van der Waals surface area contributed by atoms with Crippen molar-refractivity contribution in [3.05, 3.63) is 23.0 Å². The van der Waals surface area contributed by atoms with Crippen LogP contribution in [0.15, 0.2) is 23.0 Å². The van der Waals surface area contributed by atoms with Gasteiger partial charge in [-0.3, -0.25) is 0 Å². The summed E-state index contributed by atoms with van der Waals surface area (Å²) in [6.07, 6.45) is 5.82. The molecule has 2 rings (SSSR count). The molecule has 0 saturated heterocycles. The lowest BCUT2D eigenvalue weighted by Gasteiger charge is -2.33. The van der Waals surface area contributed by atoms with Crippen LogP contribution < -0.4 is 0 Å². The first-order valence-corrected chi connectivity index (χ1v) is 5.64. The van der Waals surface area contributed by atoms with Gasteiger partial charge in [0.1, 0.15) is 5.83 Å². The third kappa shape index (κ3) is 1.25. The Morgan fingerprint density at radius 2 is 2.07 bits per heavy atom. The van der Waals surface area contributed by atoms with Crippen LogP contribution in [-0.2, 0) is 0 Å². The van der Waals surface area contributed by atoms with Crippen molar-refractivity contribution < 1.29 is 4.39 Å². The Labute approximate surface area is 85.9 Å². The normalized spacial score (nSPS) is 32.2. The van der Waals surface area contributed by atoms with Gasteiger partial charge >= 0.3 is 0 Å². The Balaban J connectivity index is 2.40. The van der Waals surface area contributed by atoms with E-state index in [1.165, 1.54) is 5.57 Å². The van der Waals surface area contributed by atoms with Gasteiger partial charge in [-0.2, -0.15) is 0 Å². The molecule has 14 heavy (non-hydrogen) atoms. The maximum absolute atomic E-state index is 13.5. The molecule has 0 radical (unpaired) electrons. The smallest absolute Gasteiger partial charge is 0.122 e. The van der Waals surface area contributed by atoms with E-state index in [-0.39, 0.29) is 11.2 Å². The number of halogens is 1. The van der Waals surface area contributed by atoms with Crippen LogP contribution in [-0.4, -0.2) is 0 Å². The van der Waals surface area contributed by atoms with Gasteiger partial charge in [0.05, 0.1) is 0 Å². The van der Waals surface area contributed by atoms with Crippen LogP contribution in [0.25, 0.3) is 0 Å². The van der Waals surface area contributed by atoms with Gasteiger partial charge < -0.3 is 0 Å². The quantitative estimate of drug-likeness (QED) is 0.581. The third-order valence-corrected chi connectivity index (χ3v) is 4.23. The van der Waals surface area contributed by atoms with Crippen molar-refractivity contribution in [2.24, 2.45) is 11.3 Å². The second kappa shape index (κ2) is 3.22. The summed E-state index contributed by atoms with van der Waals surface area (Å²) < 4.78 is 13.5. The molecule has 0 aromatic carbocycles. The first-order chi connectivity index (χ1) is 6.55. The summed E-state index contributed by atoms with van der Waals surface area (Å²) in [5, 5.41) is 0. The molecule has 78 valence electrons. The topological polar surface area (TPSA) is 0 Å². The van der Waals surface area contributed by atoms with Gasteiger partial charge in [-0.15, -0.1) is 0 Å². The average molecular weight is 194 g/mol. The van der Waals surface area contributed by atoms with Crippen molar-refractivity contribution in [2.45, 2.75) is 46.5 Å². The summed E-state index contributed by atoms with van der Waals surface area (Å²) in [5.74, 6) is 0.691. The van der Waals surface area contributed by atoms with Crippen molar-refractivity contribution in [2.75, 3.05) is 0 Å². The molecule has 0 aromatic heterocycles. The number of allylic oxidation sites excluding steroid dienone is 4. The monoisotopic (exact) mass is 194 g/mol. The zero-order valence-electron chi connectivity index (χ0n) is 9.36. The number of rotatable bonds is 1. The molecule has 0 amide bonds. The van der Waals surface area contributed by atoms with Gasteiger partial charge in [-0.1, -0.05) is 26.3 Å². The Morgan fingerprint density at radius 1 is 1.36 bits per heavy atom. The summed E-state index contributed by atoms with van der Waals surface area (Å²) in [5.41, 5.74) is 2.71. The van der Waals surface area contributed by atoms with Gasteiger partial charge in [0.25, 0.3) is 0 Å². The maximum Gasteiger partial charge on any atom is 0.122 e. The molecule has 0 bridgehead atoms. The van der Waals surface area contributed by atoms with E-state index in [1.807, 2.05) is 0 Å². The van der Waals surface area contributed by atoms with Crippen molar-refractivity contribution in [1.82, 2.24) is 0 Å². The Bertz CT molecular complexity index is 309. The van der Waals surface area contributed by atoms with E-state index in [0.29, 0.717) is 5.92 Å². The van der Waals surface area contributed by atoms with Crippen LogP contribution in [0, 0.1) is 11.3 Å². The highest BCUT2D eigenvalue weighted by Crippen LogP contribution is 2.53. The second-order valence-electron chi connectivity index (χ2n) is 5.12. The highest BCUT2D eigenvalue weighted by molar-refractivity contribution is 5.41. The molecule has 0 nitrogen and oxygen atoms in total. The van der Waals surface area contributed by atoms with Crippen molar-refractivity contribution >= 4 is 0 Å². The summed E-state index contributed by atoms with van der Waals surface area (Å²) >= 11 is 0. The fourth-order valence-electron chi connectivity index (χ4n) is 2.83. The van der Waals surface area contributed by atoms with E-state index in [1.54, 1.807) is 6.08 Å². The molecule has 0 spiro atoms. The number of hydrogen-bond acceptors (Lipinski definition) is 0. The summed E-state index contributed by atoms with van der Waals surface area (Å²) in [6, 6.07) is 0. The van der Waals surface area contributed by atoms with Crippen LogP contribution in [0.5, 0.6) is 0 Å². The first kappa shape index (κ1) is 9.95. The van der Waals surface area contributed by atoms with Crippen molar-refractivity contribution in [1.29, 1.82) is 0 Å². The predicted octanol–water partition coefficient (Wildman–Crippen LogP) is 4.39. The second-order valence-corrected chi connectivity index (χ2v) is 5.12. The fraction of sp³-hybridized carbons (Fsp3) is 0.692. The molecular weight excluding hydrogens is 175 g/mol. The van der Waals surface area contributed by atoms with E-state index in [9.17, 15) is 4.39 Å². The first-order valence-electron chi connectivity index (χ1n) is 5.64. The molecule has 0 heterocycles. The molecule has 0 saturated carbocycles. The molecule has 1 unspecified atom stereocenters. The van der Waals surface area contributed by atoms with E-state index < -0.39 is 0 Å². The van der Waals surface area contributed by atoms with E-state index in [0.717, 1.165) is 31.3 Å². The van der Waals surface area contributed by atoms with Crippen molar-refractivity contribution in [3.63, 3.8) is 0 Å². The minimum Gasteiger partial charge on any atom is -0.207 e. The number of hydrogen-bond donors (Lipinski definition) is 0. The molecule has 0 fully saturated rings. The fourth-order valence-corrected chi connectivity index (χ4v) is 2.83.